The minimum Gasteiger partial charge on any atom is -0.347 e. The highest BCUT2D eigenvalue weighted by Gasteiger charge is 2.56. The Bertz CT molecular complexity index is 613. The van der Waals surface area contributed by atoms with Crippen LogP contribution in [0, 0.1) is 5.92 Å². The van der Waals surface area contributed by atoms with Crippen molar-refractivity contribution < 1.29 is 14.3 Å². The van der Waals surface area contributed by atoms with Gasteiger partial charge in [-0.2, -0.15) is 0 Å². The van der Waals surface area contributed by atoms with Crippen molar-refractivity contribution in [2.24, 2.45) is 5.92 Å². The lowest BCUT2D eigenvalue weighted by Gasteiger charge is -2.27. The summed E-state index contributed by atoms with van der Waals surface area (Å²) in [6, 6.07) is 9.05. The van der Waals surface area contributed by atoms with Gasteiger partial charge in [-0.3, -0.25) is 19.8 Å². The number of hydrogen-bond donors (Lipinski definition) is 1. The van der Waals surface area contributed by atoms with Gasteiger partial charge >= 0.3 is 0 Å². The first kappa shape index (κ1) is 11.8. The topological polar surface area (TPSA) is 58.6 Å². The first-order valence-electron chi connectivity index (χ1n) is 6.72. The first-order valence-corrected chi connectivity index (χ1v) is 6.72. The maximum absolute atomic E-state index is 12.6. The number of ether oxygens (including phenoxy) is 1. The van der Waals surface area contributed by atoms with Crippen molar-refractivity contribution in [3.63, 3.8) is 0 Å². The number of amides is 2. The molecule has 5 nitrogen and oxygen atoms in total. The third-order valence-electron chi connectivity index (χ3n) is 4.23. The second kappa shape index (κ2) is 4.01. The molecule has 1 N–H and O–H groups in total. The van der Waals surface area contributed by atoms with Gasteiger partial charge in [0.2, 0.25) is 11.8 Å². The minimum atomic E-state index is -0.652. The molecule has 0 saturated carbocycles. The number of imide groups is 1. The van der Waals surface area contributed by atoms with Crippen molar-refractivity contribution >= 4 is 17.5 Å². The Labute approximate surface area is 116 Å². The monoisotopic (exact) mass is 270 g/mol. The number of nitrogens with one attached hydrogen (secondary N) is 1. The summed E-state index contributed by atoms with van der Waals surface area (Å²) >= 11 is 0. The van der Waals surface area contributed by atoms with Crippen molar-refractivity contribution in [2.75, 3.05) is 11.4 Å². The van der Waals surface area contributed by atoms with Gasteiger partial charge < -0.3 is 4.74 Å². The zero-order valence-electron chi connectivity index (χ0n) is 10.8. The second-order valence-electron chi connectivity index (χ2n) is 5.39. The fraction of sp³-hybridized carbons (Fsp3) is 0.333. The lowest BCUT2D eigenvalue weighted by molar-refractivity contribution is -0.126. The van der Waals surface area contributed by atoms with E-state index in [1.807, 2.05) is 30.4 Å². The van der Waals surface area contributed by atoms with Gasteiger partial charge in [-0.05, 0) is 18.2 Å². The number of carbonyl (C=O) groups excluding carboxylic acids is 2. The highest BCUT2D eigenvalue weighted by Crippen LogP contribution is 2.41. The fourth-order valence-electron chi connectivity index (χ4n) is 3.22. The van der Waals surface area contributed by atoms with Gasteiger partial charge in [0.25, 0.3) is 0 Å². The average Bonchev–Trinajstić information content (AvgIpc) is 3.14. The number of hydrogen-bond acceptors (Lipinski definition) is 4. The maximum atomic E-state index is 12.6. The molecule has 3 aliphatic rings. The summed E-state index contributed by atoms with van der Waals surface area (Å²) in [6.07, 6.45) is 3.92. The third-order valence-corrected chi connectivity index (χ3v) is 4.23. The molecule has 0 aromatic heterocycles. The van der Waals surface area contributed by atoms with Crippen LogP contribution < -0.4 is 10.2 Å². The van der Waals surface area contributed by atoms with E-state index in [1.165, 1.54) is 4.90 Å². The lowest BCUT2D eigenvalue weighted by atomic mass is 9.85. The Balaban J connectivity index is 1.68. The number of fused-ring (bicyclic) bond motifs is 2. The molecule has 5 heteroatoms. The molecule has 1 aromatic rings. The third kappa shape index (κ3) is 1.50. The SMILES string of the molecule is O=C1CC([C@]23C=C[C@H](NC2)O3)C(=O)N1c1ccccc1. The zero-order chi connectivity index (χ0) is 13.7. The highest BCUT2D eigenvalue weighted by molar-refractivity contribution is 6.21. The molecule has 0 spiro atoms. The van der Waals surface area contributed by atoms with E-state index in [4.69, 9.17) is 4.74 Å². The molecule has 4 rings (SSSR count). The van der Waals surface area contributed by atoms with Crippen molar-refractivity contribution in [3.8, 4) is 0 Å². The Morgan fingerprint density at radius 1 is 1.25 bits per heavy atom. The summed E-state index contributed by atoms with van der Waals surface area (Å²) in [6.45, 7) is 0.584. The van der Waals surface area contributed by atoms with Gasteiger partial charge in [-0.25, -0.2) is 0 Å². The van der Waals surface area contributed by atoms with Crippen molar-refractivity contribution in [1.82, 2.24) is 5.32 Å². The van der Waals surface area contributed by atoms with E-state index < -0.39 is 11.5 Å². The van der Waals surface area contributed by atoms with Crippen LogP contribution in [0.3, 0.4) is 0 Å². The quantitative estimate of drug-likeness (QED) is 0.638. The number of anilines is 1. The molecular weight excluding hydrogens is 256 g/mol. The molecular formula is C15H14N2O3. The summed E-state index contributed by atoms with van der Waals surface area (Å²) in [5.41, 5.74) is -0.0214. The molecule has 102 valence electrons. The molecule has 2 saturated heterocycles. The number of para-hydroxylation sites is 1. The van der Waals surface area contributed by atoms with E-state index in [-0.39, 0.29) is 24.5 Å². The van der Waals surface area contributed by atoms with Crippen molar-refractivity contribution in [2.45, 2.75) is 18.2 Å². The van der Waals surface area contributed by atoms with E-state index >= 15 is 0 Å². The lowest BCUT2D eigenvalue weighted by Crippen LogP contribution is -2.44. The second-order valence-corrected chi connectivity index (χ2v) is 5.39. The maximum Gasteiger partial charge on any atom is 0.240 e. The molecule has 0 radical (unpaired) electrons. The van der Waals surface area contributed by atoms with Crippen LogP contribution in [0.5, 0.6) is 0 Å². The zero-order valence-corrected chi connectivity index (χ0v) is 10.8. The van der Waals surface area contributed by atoms with E-state index in [1.54, 1.807) is 12.1 Å². The fourth-order valence-corrected chi connectivity index (χ4v) is 3.22. The Morgan fingerprint density at radius 2 is 2.05 bits per heavy atom. The molecule has 3 heterocycles. The van der Waals surface area contributed by atoms with Crippen LogP contribution in [0.1, 0.15) is 6.42 Å². The van der Waals surface area contributed by atoms with E-state index in [9.17, 15) is 9.59 Å². The van der Waals surface area contributed by atoms with Crippen LogP contribution in [0.4, 0.5) is 5.69 Å². The van der Waals surface area contributed by atoms with Crippen LogP contribution in [0.15, 0.2) is 42.5 Å². The van der Waals surface area contributed by atoms with Crippen molar-refractivity contribution in [3.05, 3.63) is 42.5 Å². The van der Waals surface area contributed by atoms with Crippen LogP contribution in [0.25, 0.3) is 0 Å². The van der Waals surface area contributed by atoms with Crippen LogP contribution in [0.2, 0.25) is 0 Å². The van der Waals surface area contributed by atoms with E-state index in [2.05, 4.69) is 5.32 Å². The standard InChI is InChI=1S/C15H14N2O3/c18-13-8-11(15-7-6-12(20-15)16-9-15)14(19)17(13)10-4-2-1-3-5-10/h1-7,11-12,16H,8-9H2/t11?,12-,15+/m1/s1. The highest BCUT2D eigenvalue weighted by atomic mass is 16.5. The molecule has 0 aliphatic carbocycles. The normalized spacial score (nSPS) is 35.3. The number of rotatable bonds is 2. The summed E-state index contributed by atoms with van der Waals surface area (Å²) in [7, 11) is 0. The molecule has 3 aliphatic heterocycles. The average molecular weight is 270 g/mol. The minimum absolute atomic E-state index is 0.122. The van der Waals surface area contributed by atoms with Crippen molar-refractivity contribution in [1.29, 1.82) is 0 Å². The molecule has 20 heavy (non-hydrogen) atoms. The summed E-state index contributed by atoms with van der Waals surface area (Å²) < 4.78 is 5.82. The molecule has 2 bridgehead atoms. The molecule has 2 amide bonds. The Kier molecular flexibility index (Phi) is 2.37. The predicted octanol–water partition coefficient (Wildman–Crippen LogP) is 0.821. The first-order chi connectivity index (χ1) is 9.70. The van der Waals surface area contributed by atoms with E-state index in [0.29, 0.717) is 12.2 Å². The summed E-state index contributed by atoms with van der Waals surface area (Å²) in [5, 5.41) is 3.17. The van der Waals surface area contributed by atoms with Gasteiger partial charge in [0, 0.05) is 13.0 Å². The number of nitrogens with zero attached hydrogens (tertiary/aromatic N) is 1. The molecule has 3 atom stereocenters. The predicted molar refractivity (Wildman–Crippen MR) is 71.8 cm³/mol. The largest absolute Gasteiger partial charge is 0.347 e. The molecule has 1 aromatic carbocycles. The number of benzene rings is 1. The van der Waals surface area contributed by atoms with Crippen LogP contribution >= 0.6 is 0 Å². The van der Waals surface area contributed by atoms with Gasteiger partial charge in [0.15, 0.2) is 0 Å². The summed E-state index contributed by atoms with van der Waals surface area (Å²) in [4.78, 5) is 26.2. The summed E-state index contributed by atoms with van der Waals surface area (Å²) in [5.74, 6) is -0.769. The number of carbonyl (C=O) groups is 2. The molecule has 2 fully saturated rings. The van der Waals surface area contributed by atoms with Gasteiger partial charge in [0.05, 0.1) is 11.6 Å². The van der Waals surface area contributed by atoms with Crippen LogP contribution in [-0.2, 0) is 14.3 Å². The van der Waals surface area contributed by atoms with Gasteiger partial charge in [-0.1, -0.05) is 24.3 Å². The Hall–Kier alpha value is -1.98. The van der Waals surface area contributed by atoms with Crippen LogP contribution in [-0.4, -0.2) is 30.2 Å². The Morgan fingerprint density at radius 3 is 2.65 bits per heavy atom. The van der Waals surface area contributed by atoms with Gasteiger partial charge in [-0.15, -0.1) is 0 Å². The molecule has 1 unspecified atom stereocenters. The smallest absolute Gasteiger partial charge is 0.240 e. The van der Waals surface area contributed by atoms with E-state index in [0.717, 1.165) is 0 Å². The van der Waals surface area contributed by atoms with Gasteiger partial charge in [0.1, 0.15) is 11.8 Å².